The maximum atomic E-state index is 11.4. The van der Waals surface area contributed by atoms with Crippen molar-refractivity contribution in [2.75, 3.05) is 7.11 Å². The summed E-state index contributed by atoms with van der Waals surface area (Å²) in [4.78, 5) is 28.7. The highest BCUT2D eigenvalue weighted by Gasteiger charge is 2.21. The van der Waals surface area contributed by atoms with E-state index >= 15 is 0 Å². The minimum absolute atomic E-state index is 0.0486. The van der Waals surface area contributed by atoms with Gasteiger partial charge in [-0.15, -0.1) is 0 Å². The van der Waals surface area contributed by atoms with E-state index in [-0.39, 0.29) is 5.56 Å². The number of H-pyrrole nitrogens is 1. The first-order chi connectivity index (χ1) is 7.65. The molecule has 2 rings (SSSR count). The number of fused-ring (bicyclic) bond motifs is 1. The van der Waals surface area contributed by atoms with Gasteiger partial charge in [-0.2, -0.15) is 0 Å². The highest BCUT2D eigenvalue weighted by atomic mass is 16.5. The molecule has 2 heterocycles. The van der Waals surface area contributed by atoms with Crippen molar-refractivity contribution < 1.29 is 19.4 Å². The van der Waals surface area contributed by atoms with Crippen LogP contribution < -0.4 is 4.74 Å². The third-order valence-corrected chi connectivity index (χ3v) is 2.19. The number of hydrogen-bond acceptors (Lipinski definition) is 4. The number of Topliss-reactive ketones (excluding diaryl/α,β-unsaturated/α-hetero) is 1. The van der Waals surface area contributed by atoms with Crippen molar-refractivity contribution in [2.45, 2.75) is 0 Å². The molecule has 82 valence electrons. The number of carbonyl (C=O) groups excluding carboxylic acids is 1. The van der Waals surface area contributed by atoms with Gasteiger partial charge in [0.15, 0.2) is 0 Å². The number of aromatic amines is 1. The van der Waals surface area contributed by atoms with E-state index in [0.29, 0.717) is 16.8 Å². The Hall–Kier alpha value is -2.37. The zero-order valence-electron chi connectivity index (χ0n) is 8.35. The highest BCUT2D eigenvalue weighted by molar-refractivity contribution is 6.42. The van der Waals surface area contributed by atoms with Crippen molar-refractivity contribution in [2.24, 2.45) is 0 Å². The molecule has 0 fully saturated rings. The van der Waals surface area contributed by atoms with Crippen LogP contribution >= 0.6 is 0 Å². The van der Waals surface area contributed by atoms with Crippen LogP contribution in [0.2, 0.25) is 0 Å². The summed E-state index contributed by atoms with van der Waals surface area (Å²) in [7, 11) is 1.44. The maximum absolute atomic E-state index is 11.4. The number of nitrogens with one attached hydrogen (secondary N) is 1. The Morgan fingerprint density at radius 3 is 2.88 bits per heavy atom. The molecule has 0 aliphatic heterocycles. The van der Waals surface area contributed by atoms with E-state index in [1.165, 1.54) is 19.5 Å². The minimum atomic E-state index is -1.51. The minimum Gasteiger partial charge on any atom is -0.496 e. The zero-order valence-corrected chi connectivity index (χ0v) is 8.35. The average molecular weight is 220 g/mol. The van der Waals surface area contributed by atoms with Gasteiger partial charge in [0, 0.05) is 12.4 Å². The number of carboxylic acid groups (broad SMARTS) is 1. The number of ketones is 1. The van der Waals surface area contributed by atoms with Crippen molar-refractivity contribution in [1.29, 1.82) is 0 Å². The summed E-state index contributed by atoms with van der Waals surface area (Å²) in [6.07, 6.45) is 2.82. The Morgan fingerprint density at radius 1 is 1.50 bits per heavy atom. The third-order valence-electron chi connectivity index (χ3n) is 2.19. The number of ether oxygens (including phenoxy) is 1. The molecule has 0 aliphatic carbocycles. The maximum Gasteiger partial charge on any atom is 0.377 e. The fraction of sp³-hybridized carbons (Fsp3) is 0.100. The largest absolute Gasteiger partial charge is 0.496 e. The Balaban J connectivity index is 2.72. The normalized spacial score (nSPS) is 10.3. The Morgan fingerprint density at radius 2 is 2.25 bits per heavy atom. The summed E-state index contributed by atoms with van der Waals surface area (Å²) < 4.78 is 5.05. The van der Waals surface area contributed by atoms with E-state index in [0.717, 1.165) is 0 Å². The molecule has 6 heteroatoms. The lowest BCUT2D eigenvalue weighted by Crippen LogP contribution is -2.12. The van der Waals surface area contributed by atoms with E-state index in [2.05, 4.69) is 9.97 Å². The van der Waals surface area contributed by atoms with Gasteiger partial charge >= 0.3 is 5.97 Å². The molecule has 0 saturated carbocycles. The summed E-state index contributed by atoms with van der Waals surface area (Å²) in [5, 5.41) is 9.04. The van der Waals surface area contributed by atoms with Gasteiger partial charge in [0.05, 0.1) is 18.1 Å². The topological polar surface area (TPSA) is 92.3 Å². The lowest BCUT2D eigenvalue weighted by Gasteiger charge is -2.01. The first kappa shape index (κ1) is 10.2. The molecule has 0 amide bonds. The van der Waals surface area contributed by atoms with Crippen LogP contribution in [0.4, 0.5) is 0 Å². The lowest BCUT2D eigenvalue weighted by atomic mass is 10.1. The summed E-state index contributed by atoms with van der Waals surface area (Å²) in [6, 6.07) is 1.56. The number of nitrogens with zero attached hydrogens (tertiary/aromatic N) is 1. The predicted octanol–water partition coefficient (Wildman–Crippen LogP) is 0.839. The van der Waals surface area contributed by atoms with E-state index < -0.39 is 11.8 Å². The average Bonchev–Trinajstić information content (AvgIpc) is 2.71. The summed E-state index contributed by atoms with van der Waals surface area (Å²) >= 11 is 0. The third kappa shape index (κ3) is 1.40. The summed E-state index contributed by atoms with van der Waals surface area (Å²) in [6.45, 7) is 0. The van der Waals surface area contributed by atoms with Gasteiger partial charge in [-0.25, -0.2) is 9.78 Å². The highest BCUT2D eigenvalue weighted by Crippen LogP contribution is 2.27. The van der Waals surface area contributed by atoms with Gasteiger partial charge in [0.2, 0.25) is 0 Å². The molecule has 2 aromatic heterocycles. The number of rotatable bonds is 3. The van der Waals surface area contributed by atoms with Gasteiger partial charge in [0.1, 0.15) is 11.4 Å². The molecular weight excluding hydrogens is 212 g/mol. The number of carbonyl (C=O) groups is 2. The van der Waals surface area contributed by atoms with Crippen molar-refractivity contribution in [3.8, 4) is 5.75 Å². The van der Waals surface area contributed by atoms with Crippen LogP contribution in [0.25, 0.3) is 11.0 Å². The van der Waals surface area contributed by atoms with E-state index in [1.54, 1.807) is 6.07 Å². The van der Waals surface area contributed by atoms with Crippen LogP contribution in [0, 0.1) is 0 Å². The molecular formula is C10H8N2O4. The van der Waals surface area contributed by atoms with Crippen LogP contribution in [0.3, 0.4) is 0 Å². The smallest absolute Gasteiger partial charge is 0.377 e. The van der Waals surface area contributed by atoms with E-state index in [1.807, 2.05) is 0 Å². The van der Waals surface area contributed by atoms with E-state index in [4.69, 9.17) is 9.84 Å². The second-order valence-electron chi connectivity index (χ2n) is 3.07. The molecule has 0 aliphatic rings. The molecule has 0 saturated heterocycles. The Labute approximate surface area is 89.9 Å². The molecule has 2 aromatic rings. The first-order valence-corrected chi connectivity index (χ1v) is 4.43. The van der Waals surface area contributed by atoms with Gasteiger partial charge in [-0.3, -0.25) is 4.79 Å². The van der Waals surface area contributed by atoms with Crippen LogP contribution in [0.15, 0.2) is 18.5 Å². The quantitative estimate of drug-likeness (QED) is 0.590. The van der Waals surface area contributed by atoms with Crippen LogP contribution in [-0.4, -0.2) is 33.9 Å². The Kier molecular flexibility index (Phi) is 2.32. The first-order valence-electron chi connectivity index (χ1n) is 4.43. The van der Waals surface area contributed by atoms with Gasteiger partial charge in [0.25, 0.3) is 5.78 Å². The second-order valence-corrected chi connectivity index (χ2v) is 3.07. The number of hydrogen-bond donors (Lipinski definition) is 2. The molecule has 0 atom stereocenters. The van der Waals surface area contributed by atoms with Gasteiger partial charge in [-0.05, 0) is 6.07 Å². The molecule has 6 nitrogen and oxygen atoms in total. The van der Waals surface area contributed by atoms with Crippen molar-refractivity contribution >= 4 is 22.8 Å². The fourth-order valence-electron chi connectivity index (χ4n) is 1.49. The molecule has 0 radical (unpaired) electrons. The summed E-state index contributed by atoms with van der Waals surface area (Å²) in [5.74, 6) is -2.08. The lowest BCUT2D eigenvalue weighted by molar-refractivity contribution is -0.131. The number of carboxylic acids is 1. The summed E-state index contributed by atoms with van der Waals surface area (Å²) in [5.41, 5.74) is 0.469. The number of aromatic nitrogens is 2. The van der Waals surface area contributed by atoms with Gasteiger partial charge < -0.3 is 14.8 Å². The Bertz CT molecular complexity index is 573. The molecule has 2 N–H and O–H groups in total. The number of aliphatic carboxylic acids is 1. The predicted molar refractivity (Wildman–Crippen MR) is 54.6 cm³/mol. The van der Waals surface area contributed by atoms with Crippen LogP contribution in [0.5, 0.6) is 5.75 Å². The van der Waals surface area contributed by atoms with E-state index in [9.17, 15) is 9.59 Å². The molecule has 0 spiro atoms. The van der Waals surface area contributed by atoms with Crippen LogP contribution in [0.1, 0.15) is 10.4 Å². The SMILES string of the molecule is COc1ccnc2[nH]cc(C(=O)C(=O)O)c12. The molecule has 0 bridgehead atoms. The van der Waals surface area contributed by atoms with Gasteiger partial charge in [-0.1, -0.05) is 0 Å². The van der Waals surface area contributed by atoms with Crippen molar-refractivity contribution in [1.82, 2.24) is 9.97 Å². The standard InChI is InChI=1S/C10H8N2O4/c1-16-6-2-3-11-9-7(6)5(4-12-9)8(13)10(14)15/h2-4H,1H3,(H,11,12)(H,14,15). The molecule has 0 unspecified atom stereocenters. The zero-order chi connectivity index (χ0) is 11.7. The number of pyridine rings is 1. The molecule has 0 aromatic carbocycles. The number of methoxy groups -OCH3 is 1. The van der Waals surface area contributed by atoms with Crippen LogP contribution in [-0.2, 0) is 4.79 Å². The molecule has 16 heavy (non-hydrogen) atoms. The van der Waals surface area contributed by atoms with Crippen molar-refractivity contribution in [3.05, 3.63) is 24.0 Å². The van der Waals surface area contributed by atoms with Crippen molar-refractivity contribution in [3.63, 3.8) is 0 Å². The monoisotopic (exact) mass is 220 g/mol. The fourth-order valence-corrected chi connectivity index (χ4v) is 1.49. The second kappa shape index (κ2) is 3.65.